The van der Waals surface area contributed by atoms with Crippen molar-refractivity contribution >= 4 is 45.5 Å². The van der Waals surface area contributed by atoms with Crippen molar-refractivity contribution in [2.45, 2.75) is 46.5 Å². The first kappa shape index (κ1) is 22.0. The van der Waals surface area contributed by atoms with Crippen LogP contribution in [0.2, 0.25) is 0 Å². The number of hydrogen-bond acceptors (Lipinski definition) is 3. The molecule has 158 valence electrons. The van der Waals surface area contributed by atoms with E-state index in [0.717, 1.165) is 34.4 Å². The summed E-state index contributed by atoms with van der Waals surface area (Å²) in [6.07, 6.45) is 7.74. The van der Waals surface area contributed by atoms with Crippen LogP contribution in [0.1, 0.15) is 55.7 Å². The number of aromatic nitrogens is 1. The van der Waals surface area contributed by atoms with Gasteiger partial charge in [-0.2, -0.15) is 4.79 Å². The van der Waals surface area contributed by atoms with Gasteiger partial charge in [-0.3, -0.25) is 0 Å². The van der Waals surface area contributed by atoms with Gasteiger partial charge in [0, 0.05) is 30.4 Å². The summed E-state index contributed by atoms with van der Waals surface area (Å²) in [4.78, 5) is 14.3. The van der Waals surface area contributed by atoms with Crippen molar-refractivity contribution in [1.29, 1.82) is 0 Å². The van der Waals surface area contributed by atoms with Crippen LogP contribution in [0, 0.1) is 6.92 Å². The minimum atomic E-state index is -0.951. The molecule has 0 spiro atoms. The highest BCUT2D eigenvalue weighted by atomic mass is 32.1. The van der Waals surface area contributed by atoms with Gasteiger partial charge < -0.3 is 10.0 Å². The number of aryl methyl sites for hydroxylation is 1. The van der Waals surface area contributed by atoms with Gasteiger partial charge in [-0.25, -0.2) is 0 Å². The predicted octanol–water partition coefficient (Wildman–Crippen LogP) is 6.60. The van der Waals surface area contributed by atoms with E-state index in [1.807, 2.05) is 37.3 Å². The van der Waals surface area contributed by atoms with E-state index >= 15 is 0 Å². The topological polar surface area (TPSA) is 44.4 Å². The Morgan fingerprint density at radius 3 is 2.30 bits per heavy atom. The first-order valence-corrected chi connectivity index (χ1v) is 11.6. The molecule has 0 fully saturated rings. The number of hydrogen-bond donors (Lipinski definition) is 1. The summed E-state index contributed by atoms with van der Waals surface area (Å²) in [5.74, 6) is 0. The number of benzene rings is 2. The van der Waals surface area contributed by atoms with Gasteiger partial charge >= 0.3 is 6.09 Å². The predicted molar refractivity (Wildman–Crippen MR) is 128 cm³/mol. The summed E-state index contributed by atoms with van der Waals surface area (Å²) in [7, 11) is 0. The Labute approximate surface area is 183 Å². The Morgan fingerprint density at radius 1 is 1.03 bits per heavy atom. The number of unbranched alkanes of at least 4 members (excludes halogenated alkanes) is 2. The van der Waals surface area contributed by atoms with Crippen molar-refractivity contribution in [2.75, 3.05) is 18.0 Å². The SMILES string of the molecule is CCCCN(CCCC)c1ccc(C=Cc2sc3cccc(C)c3[n+]2C(=O)O)cc1. The summed E-state index contributed by atoms with van der Waals surface area (Å²) in [6, 6.07) is 14.5. The van der Waals surface area contributed by atoms with Gasteiger partial charge in [0.2, 0.25) is 5.52 Å². The number of anilines is 1. The number of fused-ring (bicyclic) bond motifs is 1. The second-order valence-electron chi connectivity index (χ2n) is 7.60. The molecular formula is C25H31N2O2S+. The third-order valence-electron chi connectivity index (χ3n) is 5.29. The molecule has 0 aliphatic carbocycles. The van der Waals surface area contributed by atoms with Crippen LogP contribution >= 0.6 is 11.3 Å². The van der Waals surface area contributed by atoms with Gasteiger partial charge in [-0.15, -0.1) is 0 Å². The second kappa shape index (κ2) is 10.4. The molecule has 0 saturated carbocycles. The molecule has 0 radical (unpaired) electrons. The maximum absolute atomic E-state index is 11.9. The lowest BCUT2D eigenvalue weighted by Gasteiger charge is -2.24. The summed E-state index contributed by atoms with van der Waals surface area (Å²) >= 11 is 1.50. The van der Waals surface area contributed by atoms with Crippen molar-refractivity contribution in [2.24, 2.45) is 0 Å². The van der Waals surface area contributed by atoms with Crippen molar-refractivity contribution in [1.82, 2.24) is 0 Å². The zero-order chi connectivity index (χ0) is 21.5. The van der Waals surface area contributed by atoms with Gasteiger partial charge in [-0.1, -0.05) is 66.9 Å². The van der Waals surface area contributed by atoms with E-state index < -0.39 is 6.09 Å². The molecular weight excluding hydrogens is 392 g/mol. The van der Waals surface area contributed by atoms with Crippen LogP contribution in [0.4, 0.5) is 10.5 Å². The van der Waals surface area contributed by atoms with E-state index in [0.29, 0.717) is 5.01 Å². The van der Waals surface area contributed by atoms with Crippen LogP contribution in [0.25, 0.3) is 22.4 Å². The molecule has 0 aliphatic heterocycles. The average molecular weight is 424 g/mol. The first-order chi connectivity index (χ1) is 14.5. The number of carboxylic acid groups (broad SMARTS) is 1. The highest BCUT2D eigenvalue weighted by molar-refractivity contribution is 7.19. The van der Waals surface area contributed by atoms with Crippen LogP contribution < -0.4 is 9.47 Å². The Kier molecular flexibility index (Phi) is 7.63. The Hall–Kier alpha value is -2.66. The minimum Gasteiger partial charge on any atom is -0.427 e. The van der Waals surface area contributed by atoms with E-state index in [9.17, 15) is 9.90 Å². The van der Waals surface area contributed by atoms with Crippen LogP contribution in [0.5, 0.6) is 0 Å². The second-order valence-corrected chi connectivity index (χ2v) is 8.66. The molecule has 0 saturated heterocycles. The van der Waals surface area contributed by atoms with Crippen LogP contribution in [0.15, 0.2) is 42.5 Å². The quantitative estimate of drug-likeness (QED) is 0.394. The van der Waals surface area contributed by atoms with Crippen molar-refractivity contribution in [3.05, 3.63) is 58.6 Å². The number of rotatable bonds is 9. The fourth-order valence-electron chi connectivity index (χ4n) is 3.60. The largest absolute Gasteiger partial charge is 0.601 e. The molecule has 4 nitrogen and oxygen atoms in total. The highest BCUT2D eigenvalue weighted by Crippen LogP contribution is 2.25. The molecule has 1 N–H and O–H groups in total. The molecule has 0 amide bonds. The normalized spacial score (nSPS) is 11.4. The highest BCUT2D eigenvalue weighted by Gasteiger charge is 2.27. The third-order valence-corrected chi connectivity index (χ3v) is 6.37. The molecule has 1 heterocycles. The van der Waals surface area contributed by atoms with Crippen LogP contribution in [-0.2, 0) is 0 Å². The molecule has 0 aliphatic rings. The monoisotopic (exact) mass is 423 g/mol. The van der Waals surface area contributed by atoms with Crippen molar-refractivity contribution in [3.8, 4) is 0 Å². The lowest BCUT2D eigenvalue weighted by Crippen LogP contribution is -2.43. The van der Waals surface area contributed by atoms with Crippen molar-refractivity contribution < 1.29 is 14.5 Å². The Morgan fingerprint density at radius 2 is 1.70 bits per heavy atom. The molecule has 1 aromatic heterocycles. The molecule has 2 aromatic carbocycles. The smallest absolute Gasteiger partial charge is 0.427 e. The number of nitrogens with zero attached hydrogens (tertiary/aromatic N) is 2. The van der Waals surface area contributed by atoms with Crippen molar-refractivity contribution in [3.63, 3.8) is 0 Å². The van der Waals surface area contributed by atoms with E-state index in [1.54, 1.807) is 0 Å². The zero-order valence-corrected chi connectivity index (χ0v) is 18.9. The van der Waals surface area contributed by atoms with Gasteiger partial charge in [0.15, 0.2) is 0 Å². The molecule has 30 heavy (non-hydrogen) atoms. The summed E-state index contributed by atoms with van der Waals surface area (Å²) in [5, 5.41) is 10.5. The maximum Gasteiger partial charge on any atom is 0.601 e. The standard InChI is InChI=1S/C25H30N2O2S/c1-4-6-17-26(18-7-5-2)21-14-11-20(12-15-21)13-16-23-27(25(28)29)24-19(3)9-8-10-22(24)30-23/h8-16H,4-7,17-18H2,1-3H3/p+1. The molecule has 3 aromatic rings. The van der Waals surface area contributed by atoms with E-state index in [1.165, 1.54) is 47.3 Å². The summed E-state index contributed by atoms with van der Waals surface area (Å²) in [5.41, 5.74) is 4.06. The summed E-state index contributed by atoms with van der Waals surface area (Å²) < 4.78 is 2.37. The van der Waals surface area contributed by atoms with Crippen LogP contribution in [0.3, 0.4) is 0 Å². The van der Waals surface area contributed by atoms with Crippen LogP contribution in [-0.4, -0.2) is 24.3 Å². The molecule has 0 bridgehead atoms. The number of para-hydroxylation sites is 1. The van der Waals surface area contributed by atoms with Gasteiger partial charge in [0.1, 0.15) is 4.70 Å². The van der Waals surface area contributed by atoms with E-state index in [-0.39, 0.29) is 0 Å². The lowest BCUT2D eigenvalue weighted by molar-refractivity contribution is -0.554. The first-order valence-electron chi connectivity index (χ1n) is 10.8. The molecule has 0 atom stereocenters. The third kappa shape index (κ3) is 5.08. The minimum absolute atomic E-state index is 0.711. The molecule has 5 heteroatoms. The van der Waals surface area contributed by atoms with E-state index in [2.05, 4.69) is 43.0 Å². The fourth-order valence-corrected chi connectivity index (χ4v) is 4.72. The van der Waals surface area contributed by atoms with Gasteiger partial charge in [-0.05, 0) is 49.6 Å². The number of thiazole rings is 1. The fraction of sp³-hybridized carbons (Fsp3) is 0.360. The molecule has 3 rings (SSSR count). The van der Waals surface area contributed by atoms with E-state index in [4.69, 9.17) is 0 Å². The summed E-state index contributed by atoms with van der Waals surface area (Å²) in [6.45, 7) is 8.58. The Bertz CT molecular complexity index is 1010. The van der Waals surface area contributed by atoms with Gasteiger partial charge in [0.05, 0.1) is 0 Å². The van der Waals surface area contributed by atoms with Gasteiger partial charge in [0.25, 0.3) is 5.01 Å². The molecule has 0 unspecified atom stereocenters. The lowest BCUT2D eigenvalue weighted by atomic mass is 10.1. The zero-order valence-electron chi connectivity index (χ0n) is 18.1. The number of carbonyl (C=O) groups is 1. The Balaban J connectivity index is 1.84. The average Bonchev–Trinajstić information content (AvgIpc) is 3.13. The maximum atomic E-state index is 11.9.